The molecule has 0 aliphatic heterocycles. The number of ketones is 1. The van der Waals surface area contributed by atoms with Crippen molar-refractivity contribution in [1.29, 1.82) is 0 Å². The van der Waals surface area contributed by atoms with Gasteiger partial charge in [0.15, 0.2) is 5.78 Å². The lowest BCUT2D eigenvalue weighted by molar-refractivity contribution is 0.0978. The number of fused-ring (bicyclic) bond motifs is 1. The number of carbonyl (C=O) groups excluding carboxylic acids is 1. The number of benzene rings is 2. The van der Waals surface area contributed by atoms with E-state index in [9.17, 15) is 13.2 Å². The third-order valence-corrected chi connectivity index (χ3v) is 7.97. The minimum atomic E-state index is -3.22. The Kier molecular flexibility index (Phi) is 8.68. The summed E-state index contributed by atoms with van der Waals surface area (Å²) in [5, 5.41) is 0. The van der Waals surface area contributed by atoms with Crippen LogP contribution in [0.25, 0.3) is 0 Å². The lowest BCUT2D eigenvalue weighted by atomic mass is 10.0. The third kappa shape index (κ3) is 6.88. The van der Waals surface area contributed by atoms with E-state index in [1.165, 1.54) is 16.1 Å². The summed E-state index contributed by atoms with van der Waals surface area (Å²) in [7, 11) is 2.22. The smallest absolute Gasteiger partial charge is 0.211 e. The third-order valence-electron chi connectivity index (χ3n) is 6.63. The maximum atomic E-state index is 12.7. The summed E-state index contributed by atoms with van der Waals surface area (Å²) in [5.41, 5.74) is 4.19. The average Bonchev–Trinajstić information content (AvgIpc) is 3.22. The second-order valence-electron chi connectivity index (χ2n) is 9.07. The summed E-state index contributed by atoms with van der Waals surface area (Å²) >= 11 is 0. The molecule has 2 aromatic rings. The maximum absolute atomic E-state index is 12.7. The van der Waals surface area contributed by atoms with E-state index < -0.39 is 10.0 Å². The number of unbranched alkanes of at least 4 members (excludes halogenated alkanes) is 1. The van der Waals surface area contributed by atoms with Crippen molar-refractivity contribution < 1.29 is 17.9 Å². The van der Waals surface area contributed by atoms with Crippen LogP contribution in [0.1, 0.15) is 46.3 Å². The molecule has 180 valence electrons. The van der Waals surface area contributed by atoms with Crippen molar-refractivity contribution in [2.24, 2.45) is 0 Å². The first kappa shape index (κ1) is 25.4. The Morgan fingerprint density at radius 3 is 2.48 bits per heavy atom. The lowest BCUT2D eigenvalue weighted by Gasteiger charge is -2.21. The minimum absolute atomic E-state index is 0.0632. The Morgan fingerprint density at radius 2 is 1.76 bits per heavy atom. The van der Waals surface area contributed by atoms with Crippen LogP contribution in [0.2, 0.25) is 0 Å². The molecule has 1 aliphatic carbocycles. The second-order valence-corrected chi connectivity index (χ2v) is 11.1. The van der Waals surface area contributed by atoms with Crippen LogP contribution in [-0.2, 0) is 29.3 Å². The molecule has 0 spiro atoms. The summed E-state index contributed by atoms with van der Waals surface area (Å²) in [5.74, 6) is 1.09. The van der Waals surface area contributed by atoms with Crippen molar-refractivity contribution in [3.05, 3.63) is 64.7 Å². The predicted molar refractivity (Wildman–Crippen MR) is 133 cm³/mol. The highest BCUT2D eigenvalue weighted by atomic mass is 32.2. The molecule has 2 aromatic carbocycles. The highest BCUT2D eigenvalue weighted by Gasteiger charge is 2.29. The molecule has 0 aromatic heterocycles. The van der Waals surface area contributed by atoms with E-state index >= 15 is 0 Å². The van der Waals surface area contributed by atoms with Crippen LogP contribution in [-0.4, -0.2) is 70.0 Å². The van der Waals surface area contributed by atoms with E-state index in [0.717, 1.165) is 54.8 Å². The normalized spacial score (nSPS) is 15.8. The maximum Gasteiger partial charge on any atom is 0.211 e. The highest BCUT2D eigenvalue weighted by molar-refractivity contribution is 7.88. The van der Waals surface area contributed by atoms with Crippen molar-refractivity contribution in [2.45, 2.75) is 44.6 Å². The van der Waals surface area contributed by atoms with E-state index in [4.69, 9.17) is 4.74 Å². The monoisotopic (exact) mass is 472 g/mol. The number of Topliss-reactive ketones (excluding diaryl/α,β-unsaturated/α-hetero) is 1. The number of sulfonamides is 1. The summed E-state index contributed by atoms with van der Waals surface area (Å²) in [6.07, 6.45) is 5.90. The molecule has 1 aliphatic rings. The number of hydrogen-bond acceptors (Lipinski definition) is 5. The van der Waals surface area contributed by atoms with E-state index in [-0.39, 0.29) is 11.8 Å². The van der Waals surface area contributed by atoms with Crippen LogP contribution >= 0.6 is 0 Å². The largest absolute Gasteiger partial charge is 0.496 e. The van der Waals surface area contributed by atoms with Gasteiger partial charge in [-0.05, 0) is 74.5 Å². The molecule has 0 radical (unpaired) electrons. The Hall–Kier alpha value is -2.22. The average molecular weight is 473 g/mol. The quantitative estimate of drug-likeness (QED) is 0.349. The zero-order valence-corrected chi connectivity index (χ0v) is 21.0. The Morgan fingerprint density at radius 1 is 1.03 bits per heavy atom. The Labute approximate surface area is 198 Å². The van der Waals surface area contributed by atoms with Gasteiger partial charge in [-0.15, -0.1) is 0 Å². The van der Waals surface area contributed by atoms with Gasteiger partial charge in [-0.3, -0.25) is 4.79 Å². The fourth-order valence-electron chi connectivity index (χ4n) is 4.44. The number of para-hydroxylation sites is 1. The standard InChI is InChI=1S/C26H36N2O4S/c1-27(16-14-20-9-5-6-11-26(20)32-3)15-8-7-10-25(29)22-13-12-21-18-24(19-23(21)17-22)28(2)33(4,30)31/h5-6,9,11-13,17,24H,7-8,10,14-16,18-19H2,1-4H3. The highest BCUT2D eigenvalue weighted by Crippen LogP contribution is 2.27. The first-order valence-corrected chi connectivity index (χ1v) is 13.4. The fraction of sp³-hybridized carbons (Fsp3) is 0.500. The van der Waals surface area contributed by atoms with Gasteiger partial charge in [-0.1, -0.05) is 30.3 Å². The van der Waals surface area contributed by atoms with Crippen molar-refractivity contribution in [3.8, 4) is 5.75 Å². The molecule has 7 heteroatoms. The van der Waals surface area contributed by atoms with Crippen molar-refractivity contribution in [3.63, 3.8) is 0 Å². The van der Waals surface area contributed by atoms with Crippen molar-refractivity contribution in [1.82, 2.24) is 9.21 Å². The van der Waals surface area contributed by atoms with Gasteiger partial charge in [0.1, 0.15) is 5.75 Å². The molecular formula is C26H36N2O4S. The number of likely N-dealkylation sites (N-methyl/N-ethyl adjacent to an activating group) is 2. The summed E-state index contributed by atoms with van der Waals surface area (Å²) in [6.45, 7) is 1.90. The summed E-state index contributed by atoms with van der Waals surface area (Å²) in [6, 6.07) is 13.9. The molecule has 0 bridgehead atoms. The summed E-state index contributed by atoms with van der Waals surface area (Å²) in [4.78, 5) is 15.0. The molecule has 0 N–H and O–H groups in total. The molecule has 1 atom stereocenters. The Balaban J connectivity index is 1.42. The molecule has 0 heterocycles. The number of nitrogens with zero attached hydrogens (tertiary/aromatic N) is 2. The number of carbonyl (C=O) groups is 1. The van der Waals surface area contributed by atoms with Crippen molar-refractivity contribution >= 4 is 15.8 Å². The molecule has 3 rings (SSSR count). The van der Waals surface area contributed by atoms with Crippen molar-refractivity contribution in [2.75, 3.05) is 40.6 Å². The molecule has 33 heavy (non-hydrogen) atoms. The van der Waals surface area contributed by atoms with Crippen LogP contribution in [0.4, 0.5) is 0 Å². The van der Waals surface area contributed by atoms with Crippen LogP contribution in [0.15, 0.2) is 42.5 Å². The molecule has 6 nitrogen and oxygen atoms in total. The molecular weight excluding hydrogens is 436 g/mol. The van der Waals surface area contributed by atoms with E-state index in [2.05, 4.69) is 18.0 Å². The first-order valence-electron chi connectivity index (χ1n) is 11.6. The zero-order chi connectivity index (χ0) is 24.0. The van der Waals surface area contributed by atoms with Crippen LogP contribution in [0.5, 0.6) is 5.75 Å². The molecule has 1 unspecified atom stereocenters. The molecule has 0 saturated carbocycles. The van der Waals surface area contributed by atoms with E-state index in [1.54, 1.807) is 14.2 Å². The van der Waals surface area contributed by atoms with Gasteiger partial charge in [-0.25, -0.2) is 12.7 Å². The molecule has 0 amide bonds. The van der Waals surface area contributed by atoms with Gasteiger partial charge >= 0.3 is 0 Å². The Bertz CT molecular complexity index is 1070. The zero-order valence-electron chi connectivity index (χ0n) is 20.2. The van der Waals surface area contributed by atoms with E-state index in [0.29, 0.717) is 19.3 Å². The van der Waals surface area contributed by atoms with Gasteiger partial charge in [0.05, 0.1) is 13.4 Å². The number of rotatable bonds is 12. The molecule has 0 fully saturated rings. The van der Waals surface area contributed by atoms with Crippen LogP contribution in [0.3, 0.4) is 0 Å². The minimum Gasteiger partial charge on any atom is -0.496 e. The SMILES string of the molecule is COc1ccccc1CCN(C)CCCCC(=O)c1ccc2c(c1)CC(N(C)S(C)(=O)=O)C2. The second kappa shape index (κ2) is 11.3. The van der Waals surface area contributed by atoms with Crippen LogP contribution in [0, 0.1) is 0 Å². The lowest BCUT2D eigenvalue weighted by Crippen LogP contribution is -2.36. The number of ether oxygens (including phenoxy) is 1. The number of methoxy groups -OCH3 is 1. The topological polar surface area (TPSA) is 66.9 Å². The van der Waals surface area contributed by atoms with Gasteiger partial charge in [0.2, 0.25) is 10.0 Å². The van der Waals surface area contributed by atoms with Crippen LogP contribution < -0.4 is 4.74 Å². The predicted octanol–water partition coefficient (Wildman–Crippen LogP) is 3.58. The van der Waals surface area contributed by atoms with E-state index in [1.807, 2.05) is 36.4 Å². The van der Waals surface area contributed by atoms with Gasteiger partial charge < -0.3 is 9.64 Å². The van der Waals surface area contributed by atoms with Gasteiger partial charge in [0, 0.05) is 31.6 Å². The fourth-order valence-corrected chi connectivity index (χ4v) is 5.13. The van der Waals surface area contributed by atoms with Gasteiger partial charge in [-0.2, -0.15) is 0 Å². The van der Waals surface area contributed by atoms with Gasteiger partial charge in [0.25, 0.3) is 0 Å². The first-order chi connectivity index (χ1) is 15.7. The number of hydrogen-bond donors (Lipinski definition) is 0. The summed E-state index contributed by atoms with van der Waals surface area (Å²) < 4.78 is 30.6. The molecule has 0 saturated heterocycles.